The van der Waals surface area contributed by atoms with Crippen molar-refractivity contribution in [2.75, 3.05) is 6.61 Å². The summed E-state index contributed by atoms with van der Waals surface area (Å²) in [6.07, 6.45) is 3.47. The molecular formula is C15H22BrNOS. The molecule has 1 aliphatic carbocycles. The monoisotopic (exact) mass is 343 g/mol. The second-order valence-corrected chi connectivity index (χ2v) is 8.04. The van der Waals surface area contributed by atoms with Gasteiger partial charge >= 0.3 is 0 Å². The third kappa shape index (κ3) is 4.78. The molecule has 0 saturated heterocycles. The summed E-state index contributed by atoms with van der Waals surface area (Å²) in [6.45, 7) is 4.55. The van der Waals surface area contributed by atoms with E-state index in [2.05, 4.69) is 53.3 Å². The van der Waals surface area contributed by atoms with E-state index in [9.17, 15) is 5.11 Å². The fourth-order valence-corrected chi connectivity index (χ4v) is 4.11. The lowest BCUT2D eigenvalue weighted by Gasteiger charge is -2.31. The Bertz CT molecular complexity index is 424. The van der Waals surface area contributed by atoms with Gasteiger partial charge < -0.3 is 10.4 Å². The highest BCUT2D eigenvalue weighted by Crippen LogP contribution is 2.34. The SMILES string of the molecule is CC(CC(C)(CO)NC1CC1)Sc1ccccc1Br. The Balaban J connectivity index is 1.92. The van der Waals surface area contributed by atoms with E-state index in [0.717, 1.165) is 10.9 Å². The minimum Gasteiger partial charge on any atom is -0.394 e. The van der Waals surface area contributed by atoms with E-state index in [1.54, 1.807) is 0 Å². The zero-order valence-corrected chi connectivity index (χ0v) is 13.9. The normalized spacial score (nSPS) is 20.0. The Kier molecular flexibility index (Phi) is 5.35. The number of nitrogens with one attached hydrogen (secondary N) is 1. The average Bonchev–Trinajstić information content (AvgIpc) is 3.15. The number of rotatable bonds is 7. The molecule has 106 valence electrons. The highest BCUT2D eigenvalue weighted by molar-refractivity contribution is 9.10. The van der Waals surface area contributed by atoms with Crippen molar-refractivity contribution in [2.24, 2.45) is 0 Å². The second-order valence-electron chi connectivity index (χ2n) is 5.70. The molecule has 0 radical (unpaired) electrons. The summed E-state index contributed by atoms with van der Waals surface area (Å²) in [4.78, 5) is 1.27. The first kappa shape index (κ1) is 15.4. The van der Waals surface area contributed by atoms with Crippen LogP contribution < -0.4 is 5.32 Å². The number of hydrogen-bond donors (Lipinski definition) is 2. The van der Waals surface area contributed by atoms with Gasteiger partial charge in [-0.25, -0.2) is 0 Å². The van der Waals surface area contributed by atoms with Crippen molar-refractivity contribution in [3.63, 3.8) is 0 Å². The number of aliphatic hydroxyl groups is 1. The summed E-state index contributed by atoms with van der Waals surface area (Å²) in [6, 6.07) is 8.93. The highest BCUT2D eigenvalue weighted by atomic mass is 79.9. The average molecular weight is 344 g/mol. The van der Waals surface area contributed by atoms with Crippen LogP contribution in [0.3, 0.4) is 0 Å². The molecule has 0 heterocycles. The topological polar surface area (TPSA) is 32.3 Å². The highest BCUT2D eigenvalue weighted by Gasteiger charge is 2.33. The molecule has 1 fully saturated rings. The standard InChI is InChI=1S/C15H22BrNOS/c1-11(19-14-6-4-3-5-13(14)16)9-15(2,10-18)17-12-7-8-12/h3-6,11-12,17-18H,7-10H2,1-2H3. The summed E-state index contributed by atoms with van der Waals surface area (Å²) in [5.41, 5.74) is -0.158. The van der Waals surface area contributed by atoms with E-state index in [4.69, 9.17) is 0 Å². The molecule has 0 spiro atoms. The van der Waals surface area contributed by atoms with E-state index >= 15 is 0 Å². The molecule has 0 amide bonds. The van der Waals surface area contributed by atoms with Gasteiger partial charge in [0, 0.05) is 26.2 Å². The van der Waals surface area contributed by atoms with Crippen LogP contribution in [0.25, 0.3) is 0 Å². The lowest BCUT2D eigenvalue weighted by atomic mass is 9.97. The van der Waals surface area contributed by atoms with Crippen molar-refractivity contribution >= 4 is 27.7 Å². The lowest BCUT2D eigenvalue weighted by molar-refractivity contribution is 0.164. The van der Waals surface area contributed by atoms with Crippen LogP contribution >= 0.6 is 27.7 Å². The Morgan fingerprint density at radius 1 is 1.47 bits per heavy atom. The van der Waals surface area contributed by atoms with Crippen molar-refractivity contribution in [2.45, 2.75) is 54.8 Å². The first-order valence-corrected chi connectivity index (χ1v) is 8.49. The number of halogens is 1. The van der Waals surface area contributed by atoms with Gasteiger partial charge in [-0.1, -0.05) is 19.1 Å². The molecule has 4 heteroatoms. The van der Waals surface area contributed by atoms with Crippen molar-refractivity contribution in [3.8, 4) is 0 Å². The van der Waals surface area contributed by atoms with Crippen LogP contribution in [0.4, 0.5) is 0 Å². The van der Waals surface area contributed by atoms with Gasteiger partial charge in [0.25, 0.3) is 0 Å². The summed E-state index contributed by atoms with van der Waals surface area (Å²) in [7, 11) is 0. The quantitative estimate of drug-likeness (QED) is 0.738. The van der Waals surface area contributed by atoms with Crippen LogP contribution in [0, 0.1) is 0 Å². The number of benzene rings is 1. The fraction of sp³-hybridized carbons (Fsp3) is 0.600. The fourth-order valence-electron chi connectivity index (χ4n) is 2.32. The van der Waals surface area contributed by atoms with Gasteiger partial charge in [0.1, 0.15) is 0 Å². The molecule has 19 heavy (non-hydrogen) atoms. The van der Waals surface area contributed by atoms with Crippen LogP contribution in [-0.2, 0) is 0 Å². The Labute approximate surface area is 128 Å². The smallest absolute Gasteiger partial charge is 0.0611 e. The van der Waals surface area contributed by atoms with Gasteiger partial charge in [-0.3, -0.25) is 0 Å². The maximum Gasteiger partial charge on any atom is 0.0611 e. The third-order valence-corrected chi connectivity index (χ3v) is 5.51. The van der Waals surface area contributed by atoms with Crippen LogP contribution in [0.2, 0.25) is 0 Å². The van der Waals surface area contributed by atoms with E-state index in [-0.39, 0.29) is 12.1 Å². The molecule has 1 saturated carbocycles. The molecule has 2 unspecified atom stereocenters. The molecule has 1 aromatic carbocycles. The largest absolute Gasteiger partial charge is 0.394 e. The Morgan fingerprint density at radius 2 is 2.16 bits per heavy atom. The summed E-state index contributed by atoms with van der Waals surface area (Å²) in [5, 5.41) is 13.7. The molecular weight excluding hydrogens is 322 g/mol. The van der Waals surface area contributed by atoms with Crippen LogP contribution in [0.5, 0.6) is 0 Å². The van der Waals surface area contributed by atoms with E-state index in [1.165, 1.54) is 17.7 Å². The first-order chi connectivity index (χ1) is 9.02. The van der Waals surface area contributed by atoms with Crippen LogP contribution in [0.15, 0.2) is 33.6 Å². The van der Waals surface area contributed by atoms with Gasteiger partial charge in [-0.15, -0.1) is 11.8 Å². The Morgan fingerprint density at radius 3 is 2.74 bits per heavy atom. The molecule has 1 aromatic rings. The number of hydrogen-bond acceptors (Lipinski definition) is 3. The van der Waals surface area contributed by atoms with Crippen molar-refractivity contribution in [3.05, 3.63) is 28.7 Å². The van der Waals surface area contributed by atoms with Gasteiger partial charge in [0.05, 0.1) is 6.61 Å². The molecule has 2 N–H and O–H groups in total. The molecule has 0 aromatic heterocycles. The lowest BCUT2D eigenvalue weighted by Crippen LogP contribution is -2.48. The van der Waals surface area contributed by atoms with Gasteiger partial charge in [-0.05, 0) is 54.2 Å². The predicted octanol–water partition coefficient (Wildman–Crippen LogP) is 3.82. The van der Waals surface area contributed by atoms with Gasteiger partial charge in [0.15, 0.2) is 0 Å². The summed E-state index contributed by atoms with van der Waals surface area (Å²) in [5.74, 6) is 0. The minimum absolute atomic E-state index is 0.158. The van der Waals surface area contributed by atoms with Crippen molar-refractivity contribution in [1.82, 2.24) is 5.32 Å². The molecule has 2 atom stereocenters. The molecule has 1 aliphatic rings. The molecule has 0 bridgehead atoms. The van der Waals surface area contributed by atoms with Crippen molar-refractivity contribution < 1.29 is 5.11 Å². The summed E-state index contributed by atoms with van der Waals surface area (Å²) >= 11 is 5.45. The predicted molar refractivity (Wildman–Crippen MR) is 85.7 cm³/mol. The minimum atomic E-state index is -0.158. The first-order valence-electron chi connectivity index (χ1n) is 6.82. The Hall–Kier alpha value is -0.0300. The van der Waals surface area contributed by atoms with Crippen molar-refractivity contribution in [1.29, 1.82) is 0 Å². The van der Waals surface area contributed by atoms with Gasteiger partial charge in [0.2, 0.25) is 0 Å². The summed E-state index contributed by atoms with van der Waals surface area (Å²) < 4.78 is 1.15. The maximum atomic E-state index is 9.65. The second kappa shape index (κ2) is 6.61. The van der Waals surface area contributed by atoms with E-state index in [0.29, 0.717) is 11.3 Å². The molecule has 0 aliphatic heterocycles. The number of aliphatic hydroxyl groups excluding tert-OH is 1. The maximum absolute atomic E-state index is 9.65. The van der Waals surface area contributed by atoms with Crippen LogP contribution in [0.1, 0.15) is 33.1 Å². The van der Waals surface area contributed by atoms with E-state index in [1.807, 2.05) is 17.8 Å². The third-order valence-electron chi connectivity index (χ3n) is 3.38. The zero-order chi connectivity index (χ0) is 13.9. The number of thioether (sulfide) groups is 1. The molecule has 2 nitrogen and oxygen atoms in total. The molecule has 2 rings (SSSR count). The van der Waals surface area contributed by atoms with E-state index < -0.39 is 0 Å². The van der Waals surface area contributed by atoms with Gasteiger partial charge in [-0.2, -0.15) is 0 Å². The van der Waals surface area contributed by atoms with Crippen LogP contribution in [-0.4, -0.2) is 28.5 Å². The zero-order valence-electron chi connectivity index (χ0n) is 11.5.